The number of nitrogens with zero attached hydrogens (tertiary/aromatic N) is 4. The molecule has 0 aromatic carbocycles. The van der Waals surface area contributed by atoms with Gasteiger partial charge in [0.05, 0.1) is 30.5 Å². The molecule has 0 bridgehead atoms. The smallest absolute Gasteiger partial charge is 0.242 e. The van der Waals surface area contributed by atoms with E-state index in [4.69, 9.17) is 4.74 Å². The number of ether oxygens (including phenoxy) is 1. The van der Waals surface area contributed by atoms with Crippen LogP contribution >= 0.6 is 0 Å². The standard InChI is InChI=1S/C14H21N5O3/c1-22-12-8-19(7-10(12)11-6-15-17-16-11)14(21)9-18-5-3-2-4-13(18)20/h6,10,12H,2-5,7-9H2,1H3,(H,15,16,17)/t10-,12+/m0/s1. The summed E-state index contributed by atoms with van der Waals surface area (Å²) in [7, 11) is 1.64. The second-order valence-electron chi connectivity index (χ2n) is 5.85. The average Bonchev–Trinajstić information content (AvgIpc) is 3.18. The molecule has 0 spiro atoms. The molecular formula is C14H21N5O3. The van der Waals surface area contributed by atoms with Crippen LogP contribution < -0.4 is 0 Å². The number of nitrogens with one attached hydrogen (secondary N) is 1. The third-order valence-corrected chi connectivity index (χ3v) is 4.48. The zero-order valence-electron chi connectivity index (χ0n) is 12.7. The third kappa shape index (κ3) is 2.96. The third-order valence-electron chi connectivity index (χ3n) is 4.48. The summed E-state index contributed by atoms with van der Waals surface area (Å²) < 4.78 is 5.48. The van der Waals surface area contributed by atoms with Gasteiger partial charge in [0.2, 0.25) is 11.8 Å². The summed E-state index contributed by atoms with van der Waals surface area (Å²) in [5.74, 6) is 0.0724. The minimum absolute atomic E-state index is 0.0183. The van der Waals surface area contributed by atoms with Crippen LogP contribution in [0, 0.1) is 0 Å². The minimum Gasteiger partial charge on any atom is -0.379 e. The van der Waals surface area contributed by atoms with Crippen molar-refractivity contribution in [2.45, 2.75) is 31.3 Å². The van der Waals surface area contributed by atoms with Gasteiger partial charge >= 0.3 is 0 Å². The molecule has 120 valence electrons. The number of methoxy groups -OCH3 is 1. The summed E-state index contributed by atoms with van der Waals surface area (Å²) in [5.41, 5.74) is 0.802. The Morgan fingerprint density at radius 1 is 1.45 bits per heavy atom. The summed E-state index contributed by atoms with van der Waals surface area (Å²) in [5, 5.41) is 10.5. The molecular weight excluding hydrogens is 286 g/mol. The molecule has 2 aliphatic heterocycles. The molecule has 0 unspecified atom stereocenters. The quantitative estimate of drug-likeness (QED) is 0.829. The highest BCUT2D eigenvalue weighted by Crippen LogP contribution is 2.28. The van der Waals surface area contributed by atoms with Gasteiger partial charge in [0.1, 0.15) is 0 Å². The van der Waals surface area contributed by atoms with E-state index in [2.05, 4.69) is 15.4 Å². The van der Waals surface area contributed by atoms with Crippen molar-refractivity contribution in [1.82, 2.24) is 25.2 Å². The van der Waals surface area contributed by atoms with E-state index in [0.717, 1.165) is 18.5 Å². The highest BCUT2D eigenvalue weighted by molar-refractivity contribution is 5.85. The predicted octanol–water partition coefficient (Wildman–Crippen LogP) is -0.242. The van der Waals surface area contributed by atoms with Gasteiger partial charge < -0.3 is 14.5 Å². The Labute approximate surface area is 128 Å². The van der Waals surface area contributed by atoms with E-state index in [1.165, 1.54) is 0 Å². The van der Waals surface area contributed by atoms with Crippen molar-refractivity contribution >= 4 is 11.8 Å². The first-order chi connectivity index (χ1) is 10.7. The molecule has 0 saturated carbocycles. The lowest BCUT2D eigenvalue weighted by atomic mass is 10.0. The van der Waals surface area contributed by atoms with Crippen LogP contribution in [0.5, 0.6) is 0 Å². The van der Waals surface area contributed by atoms with Crippen LogP contribution in [0.4, 0.5) is 0 Å². The molecule has 8 nitrogen and oxygen atoms in total. The van der Waals surface area contributed by atoms with Gasteiger partial charge in [-0.05, 0) is 12.8 Å². The SMILES string of the molecule is CO[C@@H]1CN(C(=O)CN2CCCCC2=O)C[C@H]1c1cn[nH]n1. The molecule has 2 fully saturated rings. The van der Waals surface area contributed by atoms with E-state index in [9.17, 15) is 9.59 Å². The number of hydrogen-bond acceptors (Lipinski definition) is 5. The number of hydrogen-bond donors (Lipinski definition) is 1. The van der Waals surface area contributed by atoms with Gasteiger partial charge in [-0.3, -0.25) is 9.59 Å². The first-order valence-electron chi connectivity index (χ1n) is 7.63. The fourth-order valence-electron chi connectivity index (χ4n) is 3.18. The van der Waals surface area contributed by atoms with Crippen LogP contribution in [0.2, 0.25) is 0 Å². The van der Waals surface area contributed by atoms with Crippen molar-refractivity contribution in [3.8, 4) is 0 Å². The first-order valence-corrected chi connectivity index (χ1v) is 7.63. The van der Waals surface area contributed by atoms with Gasteiger partial charge in [-0.2, -0.15) is 15.4 Å². The van der Waals surface area contributed by atoms with Crippen molar-refractivity contribution in [3.05, 3.63) is 11.9 Å². The molecule has 3 rings (SSSR count). The van der Waals surface area contributed by atoms with Crippen LogP contribution in [-0.2, 0) is 14.3 Å². The van der Waals surface area contributed by atoms with Crippen molar-refractivity contribution in [1.29, 1.82) is 0 Å². The number of rotatable bonds is 4. The number of H-pyrrole nitrogens is 1. The minimum atomic E-state index is -0.0916. The molecule has 22 heavy (non-hydrogen) atoms. The van der Waals surface area contributed by atoms with Crippen molar-refractivity contribution in [2.75, 3.05) is 33.3 Å². The molecule has 0 aliphatic carbocycles. The van der Waals surface area contributed by atoms with Crippen LogP contribution in [0.15, 0.2) is 6.20 Å². The summed E-state index contributed by atoms with van der Waals surface area (Å²) in [6, 6.07) is 0. The van der Waals surface area contributed by atoms with Crippen molar-refractivity contribution in [3.63, 3.8) is 0 Å². The predicted molar refractivity (Wildman–Crippen MR) is 76.9 cm³/mol. The average molecular weight is 307 g/mol. The maximum absolute atomic E-state index is 12.5. The number of piperidine rings is 1. The number of aromatic amines is 1. The Morgan fingerprint density at radius 2 is 2.32 bits per heavy atom. The Morgan fingerprint density at radius 3 is 3.00 bits per heavy atom. The van der Waals surface area contributed by atoms with E-state index in [1.807, 2.05) is 0 Å². The Hall–Kier alpha value is -1.96. The zero-order chi connectivity index (χ0) is 15.5. The lowest BCUT2D eigenvalue weighted by Crippen LogP contribution is -2.44. The van der Waals surface area contributed by atoms with Crippen LogP contribution in [0.3, 0.4) is 0 Å². The number of likely N-dealkylation sites (tertiary alicyclic amines) is 2. The largest absolute Gasteiger partial charge is 0.379 e. The number of carbonyl (C=O) groups excluding carboxylic acids is 2. The van der Waals surface area contributed by atoms with E-state index >= 15 is 0 Å². The lowest BCUT2D eigenvalue weighted by Gasteiger charge is -2.28. The Kier molecular flexibility index (Phi) is 4.37. The van der Waals surface area contributed by atoms with Crippen molar-refractivity contribution < 1.29 is 14.3 Å². The fourth-order valence-corrected chi connectivity index (χ4v) is 3.18. The molecule has 8 heteroatoms. The van der Waals surface area contributed by atoms with Gasteiger partial charge in [0, 0.05) is 33.2 Å². The van der Waals surface area contributed by atoms with E-state index in [1.54, 1.807) is 23.1 Å². The summed E-state index contributed by atoms with van der Waals surface area (Å²) in [4.78, 5) is 27.7. The fraction of sp³-hybridized carbons (Fsp3) is 0.714. The van der Waals surface area contributed by atoms with E-state index in [-0.39, 0.29) is 30.4 Å². The van der Waals surface area contributed by atoms with Crippen LogP contribution in [-0.4, -0.2) is 76.4 Å². The monoisotopic (exact) mass is 307 g/mol. The molecule has 0 radical (unpaired) electrons. The van der Waals surface area contributed by atoms with Crippen LogP contribution in [0.1, 0.15) is 30.9 Å². The highest BCUT2D eigenvalue weighted by Gasteiger charge is 2.38. The number of carbonyl (C=O) groups is 2. The zero-order valence-corrected chi connectivity index (χ0v) is 12.7. The molecule has 1 aromatic heterocycles. The van der Waals surface area contributed by atoms with Crippen molar-refractivity contribution in [2.24, 2.45) is 0 Å². The number of aromatic nitrogens is 3. The van der Waals surface area contributed by atoms with Gasteiger partial charge in [0.15, 0.2) is 0 Å². The lowest BCUT2D eigenvalue weighted by molar-refractivity contribution is -0.141. The maximum atomic E-state index is 12.5. The molecule has 2 amide bonds. The van der Waals surface area contributed by atoms with Gasteiger partial charge in [-0.15, -0.1) is 0 Å². The van der Waals surface area contributed by atoms with Gasteiger partial charge in [-0.25, -0.2) is 0 Å². The Bertz CT molecular complexity index is 533. The molecule has 1 N–H and O–H groups in total. The van der Waals surface area contributed by atoms with Gasteiger partial charge in [0.25, 0.3) is 0 Å². The summed E-state index contributed by atoms with van der Waals surface area (Å²) in [6.07, 6.45) is 4.02. The maximum Gasteiger partial charge on any atom is 0.242 e. The Balaban J connectivity index is 1.62. The molecule has 2 aliphatic rings. The van der Waals surface area contributed by atoms with E-state index in [0.29, 0.717) is 26.1 Å². The topological polar surface area (TPSA) is 91.4 Å². The normalized spacial score (nSPS) is 25.8. The van der Waals surface area contributed by atoms with E-state index < -0.39 is 0 Å². The summed E-state index contributed by atoms with van der Waals surface area (Å²) in [6.45, 7) is 1.92. The second-order valence-corrected chi connectivity index (χ2v) is 5.85. The summed E-state index contributed by atoms with van der Waals surface area (Å²) >= 11 is 0. The molecule has 3 heterocycles. The highest BCUT2D eigenvalue weighted by atomic mass is 16.5. The first kappa shape index (κ1) is 15.0. The molecule has 2 saturated heterocycles. The molecule has 1 aromatic rings. The van der Waals surface area contributed by atoms with Crippen LogP contribution in [0.25, 0.3) is 0 Å². The molecule has 2 atom stereocenters. The van der Waals surface area contributed by atoms with Gasteiger partial charge in [-0.1, -0.05) is 0 Å². The second kappa shape index (κ2) is 6.43. The number of amides is 2.